The molecule has 0 atom stereocenters. The molecule has 80 valence electrons. The summed E-state index contributed by atoms with van der Waals surface area (Å²) >= 11 is 0. The van der Waals surface area contributed by atoms with Crippen LogP contribution < -0.4 is 0 Å². The number of aromatic hydroxyl groups is 1. The van der Waals surface area contributed by atoms with E-state index in [-0.39, 0.29) is 5.75 Å². The normalized spacial score (nSPS) is 10.1. The fourth-order valence-corrected chi connectivity index (χ4v) is 1.72. The molecule has 0 saturated heterocycles. The maximum absolute atomic E-state index is 9.50. The quantitative estimate of drug-likeness (QED) is 0.791. The van der Waals surface area contributed by atoms with Crippen molar-refractivity contribution < 1.29 is 9.63 Å². The summed E-state index contributed by atoms with van der Waals surface area (Å²) in [4.78, 5) is 0. The molecule has 2 aromatic rings. The van der Waals surface area contributed by atoms with Crippen LogP contribution in [-0.2, 0) is 0 Å². The highest BCUT2D eigenvalue weighted by atomic mass is 16.5. The van der Waals surface area contributed by atoms with Gasteiger partial charge in [-0.05, 0) is 37.6 Å². The van der Waals surface area contributed by atoms with Gasteiger partial charge >= 0.3 is 0 Å². The molecule has 0 bridgehead atoms. The van der Waals surface area contributed by atoms with E-state index in [2.05, 4.69) is 5.16 Å². The van der Waals surface area contributed by atoms with Crippen LogP contribution in [0.3, 0.4) is 0 Å². The number of phenols is 1. The zero-order valence-electron chi connectivity index (χ0n) is 8.98. The predicted molar refractivity (Wildman–Crippen MR) is 57.8 cm³/mol. The first-order chi connectivity index (χ1) is 7.61. The molecule has 0 saturated carbocycles. The van der Waals surface area contributed by atoms with Crippen molar-refractivity contribution in [1.82, 2.24) is 5.16 Å². The van der Waals surface area contributed by atoms with Crippen molar-refractivity contribution in [2.75, 3.05) is 0 Å². The van der Waals surface area contributed by atoms with E-state index in [9.17, 15) is 5.11 Å². The number of benzene rings is 1. The van der Waals surface area contributed by atoms with Gasteiger partial charge in [0.25, 0.3) is 0 Å². The van der Waals surface area contributed by atoms with Crippen molar-refractivity contribution in [2.45, 2.75) is 13.8 Å². The third-order valence-electron chi connectivity index (χ3n) is 2.37. The number of nitrogens with zero attached hydrogens (tertiary/aromatic N) is 2. The molecular formula is C12H10N2O2. The molecule has 1 N–H and O–H groups in total. The molecule has 0 aliphatic rings. The van der Waals surface area contributed by atoms with Gasteiger partial charge in [-0.3, -0.25) is 0 Å². The van der Waals surface area contributed by atoms with E-state index in [1.54, 1.807) is 19.1 Å². The summed E-state index contributed by atoms with van der Waals surface area (Å²) in [5, 5.41) is 22.2. The van der Waals surface area contributed by atoms with Crippen molar-refractivity contribution in [3.8, 4) is 22.9 Å². The van der Waals surface area contributed by atoms with Crippen molar-refractivity contribution in [3.05, 3.63) is 35.2 Å². The molecule has 4 nitrogen and oxygen atoms in total. The summed E-state index contributed by atoms with van der Waals surface area (Å²) in [7, 11) is 0. The molecule has 0 spiro atoms. The van der Waals surface area contributed by atoms with Crippen LogP contribution in [0.1, 0.15) is 17.0 Å². The monoisotopic (exact) mass is 214 g/mol. The standard InChI is InChI=1S/C12H10N2O2/c1-7-12(8(2)16-14-7)10-3-9(6-13)4-11(15)5-10/h3-5,15H,1-2H3. The maximum Gasteiger partial charge on any atom is 0.141 e. The number of aromatic nitrogens is 1. The first-order valence-corrected chi connectivity index (χ1v) is 4.79. The first-order valence-electron chi connectivity index (χ1n) is 4.79. The average Bonchev–Trinajstić information content (AvgIpc) is 2.57. The van der Waals surface area contributed by atoms with Gasteiger partial charge < -0.3 is 9.63 Å². The summed E-state index contributed by atoms with van der Waals surface area (Å²) in [6.07, 6.45) is 0. The molecule has 4 heteroatoms. The number of hydrogen-bond acceptors (Lipinski definition) is 4. The molecule has 0 radical (unpaired) electrons. The minimum Gasteiger partial charge on any atom is -0.508 e. The van der Waals surface area contributed by atoms with Crippen molar-refractivity contribution >= 4 is 0 Å². The topological polar surface area (TPSA) is 70.1 Å². The Bertz CT molecular complexity index is 560. The van der Waals surface area contributed by atoms with Crippen LogP contribution in [0.25, 0.3) is 11.1 Å². The summed E-state index contributed by atoms with van der Waals surface area (Å²) in [6.45, 7) is 3.62. The van der Waals surface area contributed by atoms with Crippen LogP contribution in [0.5, 0.6) is 5.75 Å². The van der Waals surface area contributed by atoms with Gasteiger partial charge in [-0.25, -0.2) is 0 Å². The third-order valence-corrected chi connectivity index (χ3v) is 2.37. The number of hydrogen-bond donors (Lipinski definition) is 1. The van der Waals surface area contributed by atoms with Gasteiger partial charge in [-0.15, -0.1) is 0 Å². The second kappa shape index (κ2) is 3.70. The van der Waals surface area contributed by atoms with Crippen LogP contribution >= 0.6 is 0 Å². The van der Waals surface area contributed by atoms with Gasteiger partial charge in [-0.1, -0.05) is 5.16 Å². The Balaban J connectivity index is 2.65. The second-order valence-electron chi connectivity index (χ2n) is 3.58. The smallest absolute Gasteiger partial charge is 0.141 e. The van der Waals surface area contributed by atoms with Crippen LogP contribution in [0.2, 0.25) is 0 Å². The van der Waals surface area contributed by atoms with Crippen LogP contribution in [0.4, 0.5) is 0 Å². The number of rotatable bonds is 1. The van der Waals surface area contributed by atoms with E-state index in [1.807, 2.05) is 13.0 Å². The lowest BCUT2D eigenvalue weighted by atomic mass is 10.0. The molecule has 0 unspecified atom stereocenters. The highest BCUT2D eigenvalue weighted by Gasteiger charge is 2.12. The largest absolute Gasteiger partial charge is 0.508 e. The Morgan fingerprint density at radius 2 is 2.06 bits per heavy atom. The Labute approximate surface area is 92.7 Å². The van der Waals surface area contributed by atoms with Gasteiger partial charge in [-0.2, -0.15) is 5.26 Å². The lowest BCUT2D eigenvalue weighted by molar-refractivity contribution is 0.393. The average molecular weight is 214 g/mol. The fourth-order valence-electron chi connectivity index (χ4n) is 1.72. The third kappa shape index (κ3) is 1.63. The van der Waals surface area contributed by atoms with Crippen molar-refractivity contribution in [3.63, 3.8) is 0 Å². The zero-order chi connectivity index (χ0) is 11.7. The molecular weight excluding hydrogens is 204 g/mol. The SMILES string of the molecule is Cc1noc(C)c1-c1cc(O)cc(C#N)c1. The van der Waals surface area contributed by atoms with E-state index < -0.39 is 0 Å². The van der Waals surface area contributed by atoms with Crippen LogP contribution in [0, 0.1) is 25.2 Å². The molecule has 2 rings (SSSR count). The Morgan fingerprint density at radius 3 is 2.62 bits per heavy atom. The molecule has 0 fully saturated rings. The molecule has 1 aromatic heterocycles. The minimum atomic E-state index is 0.0639. The zero-order valence-corrected chi connectivity index (χ0v) is 8.98. The minimum absolute atomic E-state index is 0.0639. The van der Waals surface area contributed by atoms with Gasteiger partial charge in [0.15, 0.2) is 0 Å². The highest BCUT2D eigenvalue weighted by Crippen LogP contribution is 2.30. The Hall–Kier alpha value is -2.28. The maximum atomic E-state index is 9.50. The molecule has 0 aliphatic carbocycles. The van der Waals surface area contributed by atoms with E-state index >= 15 is 0 Å². The lowest BCUT2D eigenvalue weighted by Gasteiger charge is -2.02. The Kier molecular flexibility index (Phi) is 2.37. The summed E-state index contributed by atoms with van der Waals surface area (Å²) in [6, 6.07) is 6.71. The molecule has 1 heterocycles. The summed E-state index contributed by atoms with van der Waals surface area (Å²) < 4.78 is 5.05. The summed E-state index contributed by atoms with van der Waals surface area (Å²) in [5.41, 5.74) is 2.72. The van der Waals surface area contributed by atoms with E-state index in [0.29, 0.717) is 11.3 Å². The number of aryl methyl sites for hydroxylation is 2. The fraction of sp³-hybridized carbons (Fsp3) is 0.167. The molecule has 0 aliphatic heterocycles. The van der Waals surface area contributed by atoms with Crippen LogP contribution in [0.15, 0.2) is 22.7 Å². The van der Waals surface area contributed by atoms with Gasteiger partial charge in [0.05, 0.1) is 17.3 Å². The van der Waals surface area contributed by atoms with Gasteiger partial charge in [0.2, 0.25) is 0 Å². The second-order valence-corrected chi connectivity index (χ2v) is 3.58. The van der Waals surface area contributed by atoms with E-state index in [4.69, 9.17) is 9.78 Å². The first kappa shape index (κ1) is 10.2. The molecule has 0 amide bonds. The number of nitriles is 1. The predicted octanol–water partition coefficient (Wildman–Crippen LogP) is 2.54. The van der Waals surface area contributed by atoms with Gasteiger partial charge in [0.1, 0.15) is 11.5 Å². The van der Waals surface area contributed by atoms with Crippen LogP contribution in [-0.4, -0.2) is 10.3 Å². The number of phenolic OH excluding ortho intramolecular Hbond substituents is 1. The lowest BCUT2D eigenvalue weighted by Crippen LogP contribution is -1.84. The Morgan fingerprint density at radius 1 is 1.31 bits per heavy atom. The highest BCUT2D eigenvalue weighted by molar-refractivity contribution is 5.70. The molecule has 16 heavy (non-hydrogen) atoms. The van der Waals surface area contributed by atoms with Crippen molar-refractivity contribution in [1.29, 1.82) is 5.26 Å². The van der Waals surface area contributed by atoms with Gasteiger partial charge in [0, 0.05) is 5.56 Å². The van der Waals surface area contributed by atoms with Crippen molar-refractivity contribution in [2.24, 2.45) is 0 Å². The van der Waals surface area contributed by atoms with E-state index in [1.165, 1.54) is 6.07 Å². The molecule has 1 aromatic carbocycles. The summed E-state index contributed by atoms with van der Waals surface area (Å²) in [5.74, 6) is 0.737. The van der Waals surface area contributed by atoms with E-state index in [0.717, 1.165) is 16.8 Å².